The summed E-state index contributed by atoms with van der Waals surface area (Å²) in [5, 5.41) is 6.67. The number of ether oxygens (including phenoxy) is 2. The molecule has 0 aromatic heterocycles. The zero-order chi connectivity index (χ0) is 18.6. The summed E-state index contributed by atoms with van der Waals surface area (Å²) >= 11 is 0. The predicted octanol–water partition coefficient (Wildman–Crippen LogP) is 3.39. The van der Waals surface area contributed by atoms with Crippen LogP contribution < -0.4 is 20.1 Å². The average Bonchev–Trinajstić information content (AvgIpc) is 2.68. The van der Waals surface area contributed by atoms with Gasteiger partial charge < -0.3 is 20.1 Å². The second-order valence-electron chi connectivity index (χ2n) is 5.76. The van der Waals surface area contributed by atoms with Gasteiger partial charge in [-0.2, -0.15) is 0 Å². The largest absolute Gasteiger partial charge is 0.497 e. The third-order valence-corrected chi connectivity index (χ3v) is 3.89. The van der Waals surface area contributed by atoms with Crippen LogP contribution in [0.5, 0.6) is 11.5 Å². The van der Waals surface area contributed by atoms with Crippen molar-refractivity contribution in [3.05, 3.63) is 59.7 Å². The molecule has 2 N–H and O–H groups in total. The Morgan fingerprint density at radius 2 is 1.77 bits per heavy atom. The van der Waals surface area contributed by atoms with Crippen molar-refractivity contribution in [3.63, 3.8) is 0 Å². The Balaban J connectivity index is 1.91. The molecule has 5 nitrogen and oxygen atoms in total. The number of nitrogens with one attached hydrogen (secondary N) is 2. The van der Waals surface area contributed by atoms with E-state index in [-0.39, 0.29) is 0 Å². The lowest BCUT2D eigenvalue weighted by molar-refractivity contribution is 0.336. The molecular formula is C21H29N3O2. The van der Waals surface area contributed by atoms with Gasteiger partial charge in [-0.3, -0.25) is 0 Å². The van der Waals surface area contributed by atoms with Crippen LogP contribution in [-0.2, 0) is 13.0 Å². The molecule has 0 fully saturated rings. The average molecular weight is 355 g/mol. The van der Waals surface area contributed by atoms with Gasteiger partial charge in [0.1, 0.15) is 11.5 Å². The first-order valence-corrected chi connectivity index (χ1v) is 9.12. The second kappa shape index (κ2) is 11.0. The van der Waals surface area contributed by atoms with Crippen molar-refractivity contribution >= 4 is 5.96 Å². The Bertz CT molecular complexity index is 684. The molecule has 0 bridgehead atoms. The number of benzene rings is 2. The highest BCUT2D eigenvalue weighted by Gasteiger charge is 2.03. The van der Waals surface area contributed by atoms with Crippen LogP contribution >= 0.6 is 0 Å². The number of hydrogen-bond acceptors (Lipinski definition) is 3. The van der Waals surface area contributed by atoms with Crippen LogP contribution in [0.1, 0.15) is 25.0 Å². The van der Waals surface area contributed by atoms with Crippen LogP contribution in [0, 0.1) is 0 Å². The van der Waals surface area contributed by atoms with Crippen molar-refractivity contribution in [3.8, 4) is 11.5 Å². The zero-order valence-corrected chi connectivity index (χ0v) is 15.9. The van der Waals surface area contributed by atoms with Crippen LogP contribution in [0.2, 0.25) is 0 Å². The molecule has 2 aromatic rings. The van der Waals surface area contributed by atoms with Crippen molar-refractivity contribution in [2.45, 2.75) is 26.8 Å². The van der Waals surface area contributed by atoms with E-state index in [1.807, 2.05) is 37.3 Å². The minimum Gasteiger partial charge on any atom is -0.497 e. The Morgan fingerprint density at radius 1 is 1.00 bits per heavy atom. The maximum Gasteiger partial charge on any atom is 0.191 e. The fraction of sp³-hybridized carbons (Fsp3) is 0.381. The van der Waals surface area contributed by atoms with Gasteiger partial charge in [-0.05, 0) is 44.0 Å². The Labute approximate surface area is 156 Å². The smallest absolute Gasteiger partial charge is 0.191 e. The SMILES string of the molecule is CCNC(=NCc1ccccc1OCC)NCCc1ccc(OC)cc1. The lowest BCUT2D eigenvalue weighted by Crippen LogP contribution is -2.38. The van der Waals surface area contributed by atoms with E-state index in [0.717, 1.165) is 42.5 Å². The van der Waals surface area contributed by atoms with Gasteiger partial charge in [-0.15, -0.1) is 0 Å². The number of aliphatic imine (C=N–C) groups is 1. The lowest BCUT2D eigenvalue weighted by Gasteiger charge is -2.13. The van der Waals surface area contributed by atoms with E-state index in [1.165, 1.54) is 5.56 Å². The van der Waals surface area contributed by atoms with Crippen molar-refractivity contribution in [2.75, 3.05) is 26.8 Å². The molecule has 0 atom stereocenters. The molecule has 0 saturated carbocycles. The summed E-state index contributed by atoms with van der Waals surface area (Å²) in [5.74, 6) is 2.59. The van der Waals surface area contributed by atoms with E-state index >= 15 is 0 Å². The minimum absolute atomic E-state index is 0.577. The first kappa shape index (κ1) is 19.6. The standard InChI is InChI=1S/C21H29N3O2/c1-4-22-21(23-15-14-17-10-12-19(25-3)13-11-17)24-16-18-8-6-7-9-20(18)26-5-2/h6-13H,4-5,14-16H2,1-3H3,(H2,22,23,24). The molecule has 0 radical (unpaired) electrons. The first-order chi connectivity index (χ1) is 12.8. The van der Waals surface area contributed by atoms with E-state index in [2.05, 4.69) is 40.7 Å². The maximum atomic E-state index is 5.67. The van der Waals surface area contributed by atoms with Gasteiger partial charge in [0.15, 0.2) is 5.96 Å². The summed E-state index contributed by atoms with van der Waals surface area (Å²) in [6.07, 6.45) is 0.921. The number of hydrogen-bond donors (Lipinski definition) is 2. The van der Waals surface area contributed by atoms with Gasteiger partial charge in [0, 0.05) is 18.7 Å². The summed E-state index contributed by atoms with van der Waals surface area (Å²) in [6.45, 7) is 6.92. The minimum atomic E-state index is 0.577. The molecule has 0 saturated heterocycles. The topological polar surface area (TPSA) is 54.9 Å². The molecule has 2 rings (SSSR count). The highest BCUT2D eigenvalue weighted by Crippen LogP contribution is 2.18. The molecule has 26 heavy (non-hydrogen) atoms. The van der Waals surface area contributed by atoms with Crippen LogP contribution in [0.25, 0.3) is 0 Å². The van der Waals surface area contributed by atoms with Gasteiger partial charge in [0.2, 0.25) is 0 Å². The summed E-state index contributed by atoms with van der Waals surface area (Å²) < 4.78 is 10.9. The molecule has 0 aliphatic rings. The van der Waals surface area contributed by atoms with Crippen molar-refractivity contribution in [1.29, 1.82) is 0 Å². The van der Waals surface area contributed by atoms with E-state index in [9.17, 15) is 0 Å². The number of para-hydroxylation sites is 1. The molecule has 140 valence electrons. The highest BCUT2D eigenvalue weighted by atomic mass is 16.5. The zero-order valence-electron chi connectivity index (χ0n) is 15.9. The summed E-state index contributed by atoms with van der Waals surface area (Å²) in [6, 6.07) is 16.2. The molecule has 0 amide bonds. The summed E-state index contributed by atoms with van der Waals surface area (Å²) in [4.78, 5) is 4.68. The summed E-state index contributed by atoms with van der Waals surface area (Å²) in [5.41, 5.74) is 2.34. The van der Waals surface area contributed by atoms with Crippen LogP contribution in [-0.4, -0.2) is 32.8 Å². The molecule has 5 heteroatoms. The predicted molar refractivity (Wildman–Crippen MR) is 107 cm³/mol. The molecule has 0 unspecified atom stereocenters. The quantitative estimate of drug-likeness (QED) is 0.535. The third kappa shape index (κ3) is 6.31. The van der Waals surface area contributed by atoms with E-state index in [4.69, 9.17) is 9.47 Å². The third-order valence-electron chi connectivity index (χ3n) is 3.89. The van der Waals surface area contributed by atoms with Crippen molar-refractivity contribution < 1.29 is 9.47 Å². The fourth-order valence-corrected chi connectivity index (χ4v) is 2.55. The van der Waals surface area contributed by atoms with Crippen molar-refractivity contribution in [2.24, 2.45) is 4.99 Å². The molecule has 2 aromatic carbocycles. The van der Waals surface area contributed by atoms with E-state index in [1.54, 1.807) is 7.11 Å². The van der Waals surface area contributed by atoms with Gasteiger partial charge in [0.25, 0.3) is 0 Å². The number of guanidine groups is 1. The van der Waals surface area contributed by atoms with Gasteiger partial charge in [-0.1, -0.05) is 30.3 Å². The van der Waals surface area contributed by atoms with Gasteiger partial charge >= 0.3 is 0 Å². The number of methoxy groups -OCH3 is 1. The Kier molecular flexibility index (Phi) is 8.33. The van der Waals surface area contributed by atoms with E-state index < -0.39 is 0 Å². The maximum absolute atomic E-state index is 5.67. The van der Waals surface area contributed by atoms with Gasteiger partial charge in [0.05, 0.1) is 20.3 Å². The highest BCUT2D eigenvalue weighted by molar-refractivity contribution is 5.79. The van der Waals surface area contributed by atoms with Crippen LogP contribution in [0.4, 0.5) is 0 Å². The molecule has 0 spiro atoms. The second-order valence-corrected chi connectivity index (χ2v) is 5.76. The number of rotatable bonds is 9. The molecule has 0 aliphatic heterocycles. The monoisotopic (exact) mass is 355 g/mol. The Morgan fingerprint density at radius 3 is 2.46 bits per heavy atom. The van der Waals surface area contributed by atoms with Crippen molar-refractivity contribution in [1.82, 2.24) is 10.6 Å². The van der Waals surface area contributed by atoms with Crippen LogP contribution in [0.3, 0.4) is 0 Å². The number of nitrogens with zero attached hydrogens (tertiary/aromatic N) is 1. The lowest BCUT2D eigenvalue weighted by atomic mass is 10.1. The molecular weight excluding hydrogens is 326 g/mol. The van der Waals surface area contributed by atoms with E-state index in [0.29, 0.717) is 13.2 Å². The molecule has 0 heterocycles. The first-order valence-electron chi connectivity index (χ1n) is 9.12. The molecule has 0 aliphatic carbocycles. The van der Waals surface area contributed by atoms with Gasteiger partial charge in [-0.25, -0.2) is 4.99 Å². The Hall–Kier alpha value is -2.69. The fourth-order valence-electron chi connectivity index (χ4n) is 2.55. The summed E-state index contributed by atoms with van der Waals surface area (Å²) in [7, 11) is 1.68. The normalized spacial score (nSPS) is 11.1. The van der Waals surface area contributed by atoms with Crippen LogP contribution in [0.15, 0.2) is 53.5 Å².